The van der Waals surface area contributed by atoms with Gasteiger partial charge in [0.25, 0.3) is 0 Å². The summed E-state index contributed by atoms with van der Waals surface area (Å²) in [6.45, 7) is 7.62. The van der Waals surface area contributed by atoms with Gasteiger partial charge in [-0.05, 0) is 38.5 Å². The zero-order valence-electron chi connectivity index (χ0n) is 14.3. The van der Waals surface area contributed by atoms with Crippen molar-refractivity contribution in [2.75, 3.05) is 19.8 Å². The van der Waals surface area contributed by atoms with E-state index in [9.17, 15) is 4.79 Å². The molecule has 1 aromatic carbocycles. The van der Waals surface area contributed by atoms with Crippen molar-refractivity contribution >= 4 is 11.9 Å². The lowest BCUT2D eigenvalue weighted by atomic mass is 10.1. The van der Waals surface area contributed by atoms with E-state index in [1.54, 1.807) is 0 Å². The summed E-state index contributed by atoms with van der Waals surface area (Å²) in [4.78, 5) is 11.3. The minimum Gasteiger partial charge on any atom is -0.488 e. The predicted molar refractivity (Wildman–Crippen MR) is 92.4 cm³/mol. The predicted octanol–water partition coefficient (Wildman–Crippen LogP) is 3.45. The molecule has 1 aliphatic rings. The van der Waals surface area contributed by atoms with E-state index < -0.39 is 0 Å². The summed E-state index contributed by atoms with van der Waals surface area (Å²) in [6, 6.07) is 7.91. The van der Waals surface area contributed by atoms with Crippen LogP contribution in [0.2, 0.25) is 0 Å². The Balaban J connectivity index is 1.85. The molecular formula is C19H22N2O3. The second-order valence-corrected chi connectivity index (χ2v) is 6.22. The SMILES string of the molecule is Cc1cccc(OCC2=C(c3ccnn3C(C)C)COC2)c1C=O. The Morgan fingerprint density at radius 2 is 2.17 bits per heavy atom. The highest BCUT2D eigenvalue weighted by Crippen LogP contribution is 2.28. The monoisotopic (exact) mass is 326 g/mol. The maximum Gasteiger partial charge on any atom is 0.154 e. The molecule has 3 rings (SSSR count). The van der Waals surface area contributed by atoms with Crippen molar-refractivity contribution in [1.82, 2.24) is 9.78 Å². The van der Waals surface area contributed by atoms with E-state index in [1.807, 2.05) is 42.1 Å². The molecule has 2 heterocycles. The lowest BCUT2D eigenvalue weighted by Crippen LogP contribution is -2.10. The van der Waals surface area contributed by atoms with Crippen molar-refractivity contribution < 1.29 is 14.3 Å². The van der Waals surface area contributed by atoms with E-state index in [0.717, 1.165) is 28.7 Å². The Bertz CT molecular complexity index is 775. The number of aryl methyl sites for hydroxylation is 1. The highest BCUT2D eigenvalue weighted by Gasteiger charge is 2.21. The average molecular weight is 326 g/mol. The first-order chi connectivity index (χ1) is 11.6. The maximum absolute atomic E-state index is 11.3. The topological polar surface area (TPSA) is 53.4 Å². The van der Waals surface area contributed by atoms with E-state index in [-0.39, 0.29) is 6.04 Å². The Morgan fingerprint density at radius 3 is 2.92 bits per heavy atom. The molecule has 0 atom stereocenters. The number of benzene rings is 1. The molecule has 0 fully saturated rings. The third-order valence-corrected chi connectivity index (χ3v) is 4.22. The van der Waals surface area contributed by atoms with Crippen LogP contribution >= 0.6 is 0 Å². The smallest absolute Gasteiger partial charge is 0.154 e. The van der Waals surface area contributed by atoms with Gasteiger partial charge in [-0.15, -0.1) is 0 Å². The number of nitrogens with zero attached hydrogens (tertiary/aromatic N) is 2. The van der Waals surface area contributed by atoms with Gasteiger partial charge in [0.1, 0.15) is 12.4 Å². The minimum atomic E-state index is 0.281. The first-order valence-corrected chi connectivity index (χ1v) is 8.12. The number of hydrogen-bond acceptors (Lipinski definition) is 4. The van der Waals surface area contributed by atoms with Crippen molar-refractivity contribution in [2.24, 2.45) is 0 Å². The highest BCUT2D eigenvalue weighted by atomic mass is 16.5. The van der Waals surface area contributed by atoms with Gasteiger partial charge in [-0.25, -0.2) is 0 Å². The van der Waals surface area contributed by atoms with Crippen molar-refractivity contribution in [2.45, 2.75) is 26.8 Å². The van der Waals surface area contributed by atoms with E-state index in [1.165, 1.54) is 0 Å². The van der Waals surface area contributed by atoms with Gasteiger partial charge in [0.2, 0.25) is 0 Å². The Hall–Kier alpha value is -2.40. The number of rotatable bonds is 6. The quantitative estimate of drug-likeness (QED) is 0.763. The lowest BCUT2D eigenvalue weighted by molar-refractivity contribution is 0.111. The van der Waals surface area contributed by atoms with E-state index in [4.69, 9.17) is 9.47 Å². The number of carbonyl (C=O) groups excluding carboxylic acids is 1. The van der Waals surface area contributed by atoms with Crippen LogP contribution in [0.3, 0.4) is 0 Å². The molecule has 126 valence electrons. The molecule has 0 saturated carbocycles. The van der Waals surface area contributed by atoms with Crippen LogP contribution in [-0.4, -0.2) is 35.9 Å². The summed E-state index contributed by atoms with van der Waals surface area (Å²) in [5, 5.41) is 4.39. The molecule has 1 aromatic heterocycles. The molecule has 0 saturated heterocycles. The molecular weight excluding hydrogens is 304 g/mol. The van der Waals surface area contributed by atoms with E-state index in [2.05, 4.69) is 18.9 Å². The van der Waals surface area contributed by atoms with Gasteiger partial charge < -0.3 is 9.47 Å². The average Bonchev–Trinajstić information content (AvgIpc) is 3.21. The molecule has 0 unspecified atom stereocenters. The second-order valence-electron chi connectivity index (χ2n) is 6.22. The fourth-order valence-electron chi connectivity index (χ4n) is 2.91. The fraction of sp³-hybridized carbons (Fsp3) is 0.368. The lowest BCUT2D eigenvalue weighted by Gasteiger charge is -2.14. The highest BCUT2D eigenvalue weighted by molar-refractivity contribution is 5.81. The summed E-state index contributed by atoms with van der Waals surface area (Å²) in [5.41, 5.74) is 4.81. The van der Waals surface area contributed by atoms with Crippen molar-refractivity contribution in [3.63, 3.8) is 0 Å². The van der Waals surface area contributed by atoms with Crippen LogP contribution in [0.15, 0.2) is 36.0 Å². The molecule has 2 aromatic rings. The summed E-state index contributed by atoms with van der Waals surface area (Å²) in [7, 11) is 0. The molecule has 24 heavy (non-hydrogen) atoms. The number of aromatic nitrogens is 2. The van der Waals surface area contributed by atoms with Crippen LogP contribution in [0.1, 0.15) is 41.5 Å². The maximum atomic E-state index is 11.3. The van der Waals surface area contributed by atoms with Crippen LogP contribution in [-0.2, 0) is 4.74 Å². The van der Waals surface area contributed by atoms with Crippen LogP contribution in [0, 0.1) is 6.92 Å². The molecule has 0 N–H and O–H groups in total. The van der Waals surface area contributed by atoms with Gasteiger partial charge in [0, 0.05) is 23.4 Å². The third-order valence-electron chi connectivity index (χ3n) is 4.22. The van der Waals surface area contributed by atoms with Crippen molar-refractivity contribution in [1.29, 1.82) is 0 Å². The van der Waals surface area contributed by atoms with E-state index >= 15 is 0 Å². The normalized spacial score (nSPS) is 14.5. The fourth-order valence-corrected chi connectivity index (χ4v) is 2.91. The summed E-state index contributed by atoms with van der Waals surface area (Å²) in [6.07, 6.45) is 2.66. The Kier molecular flexibility index (Phi) is 4.81. The van der Waals surface area contributed by atoms with Crippen LogP contribution in [0.5, 0.6) is 5.75 Å². The summed E-state index contributed by atoms with van der Waals surface area (Å²) in [5.74, 6) is 0.612. The van der Waals surface area contributed by atoms with E-state index in [0.29, 0.717) is 31.1 Å². The molecule has 5 heteroatoms. The van der Waals surface area contributed by atoms with Crippen molar-refractivity contribution in [3.05, 3.63) is 52.9 Å². The number of carbonyl (C=O) groups is 1. The molecule has 0 spiro atoms. The summed E-state index contributed by atoms with van der Waals surface area (Å²) >= 11 is 0. The first-order valence-electron chi connectivity index (χ1n) is 8.12. The van der Waals surface area contributed by atoms with Gasteiger partial charge in [-0.1, -0.05) is 12.1 Å². The summed E-state index contributed by atoms with van der Waals surface area (Å²) < 4.78 is 13.5. The van der Waals surface area contributed by atoms with Gasteiger partial charge in [-0.2, -0.15) is 5.10 Å². The van der Waals surface area contributed by atoms with Crippen LogP contribution in [0.25, 0.3) is 5.57 Å². The van der Waals surface area contributed by atoms with Gasteiger partial charge >= 0.3 is 0 Å². The van der Waals surface area contributed by atoms with Gasteiger partial charge in [0.15, 0.2) is 6.29 Å². The molecule has 5 nitrogen and oxygen atoms in total. The minimum absolute atomic E-state index is 0.281. The second kappa shape index (κ2) is 7.01. The number of aldehydes is 1. The number of hydrogen-bond donors (Lipinski definition) is 0. The Morgan fingerprint density at radius 1 is 1.33 bits per heavy atom. The molecule has 0 bridgehead atoms. The molecule has 0 radical (unpaired) electrons. The zero-order valence-corrected chi connectivity index (χ0v) is 14.3. The first kappa shape index (κ1) is 16.5. The number of ether oxygens (including phenoxy) is 2. The zero-order chi connectivity index (χ0) is 17.1. The molecule has 1 aliphatic heterocycles. The van der Waals surface area contributed by atoms with Gasteiger partial charge in [0.05, 0.1) is 24.5 Å². The molecule has 0 aliphatic carbocycles. The Labute approximate surface area is 141 Å². The third kappa shape index (κ3) is 3.12. The van der Waals surface area contributed by atoms with Crippen LogP contribution < -0.4 is 4.74 Å². The molecule has 0 amide bonds. The van der Waals surface area contributed by atoms with Crippen molar-refractivity contribution in [3.8, 4) is 5.75 Å². The van der Waals surface area contributed by atoms with Gasteiger partial charge in [-0.3, -0.25) is 9.48 Å². The largest absolute Gasteiger partial charge is 0.488 e. The van der Waals surface area contributed by atoms with Crippen LogP contribution in [0.4, 0.5) is 0 Å². The standard InChI is InChI=1S/C19H22N2O3/c1-13(2)21-18(7-8-20-21)17-12-23-10-15(17)11-24-19-6-4-5-14(3)16(19)9-22/h4-9,13H,10-12H2,1-3H3.